The highest BCUT2D eigenvalue weighted by molar-refractivity contribution is 7.98. The number of aliphatic carboxylic acids is 1. The van der Waals surface area contributed by atoms with E-state index in [0.717, 1.165) is 10.5 Å². The van der Waals surface area contributed by atoms with Gasteiger partial charge in [-0.1, -0.05) is 6.07 Å². The predicted octanol–water partition coefficient (Wildman–Crippen LogP) is 2.54. The van der Waals surface area contributed by atoms with E-state index in [1.165, 1.54) is 11.8 Å². The van der Waals surface area contributed by atoms with Crippen molar-refractivity contribution in [3.05, 3.63) is 17.7 Å². The SMILES string of the molecule is COc1ccc(C2(C(=O)O)CC2)c(SC)c1OC. The second-order valence-electron chi connectivity index (χ2n) is 4.27. The summed E-state index contributed by atoms with van der Waals surface area (Å²) in [6, 6.07) is 3.62. The van der Waals surface area contributed by atoms with Gasteiger partial charge in [-0.15, -0.1) is 11.8 Å². The molecule has 1 aliphatic rings. The van der Waals surface area contributed by atoms with Crippen LogP contribution in [0.4, 0.5) is 0 Å². The molecule has 5 heteroatoms. The maximum absolute atomic E-state index is 11.4. The third kappa shape index (κ3) is 1.82. The van der Waals surface area contributed by atoms with Crippen LogP contribution < -0.4 is 9.47 Å². The molecule has 0 aromatic heterocycles. The fourth-order valence-corrected chi connectivity index (χ4v) is 3.05. The smallest absolute Gasteiger partial charge is 0.314 e. The summed E-state index contributed by atoms with van der Waals surface area (Å²) in [7, 11) is 3.15. The molecule has 0 heterocycles. The zero-order chi connectivity index (χ0) is 13.3. The minimum absolute atomic E-state index is 0.620. The second kappa shape index (κ2) is 4.72. The van der Waals surface area contributed by atoms with E-state index in [2.05, 4.69) is 0 Å². The Kier molecular flexibility index (Phi) is 3.43. The number of carboxylic acid groups (broad SMARTS) is 1. The highest BCUT2D eigenvalue weighted by atomic mass is 32.2. The highest BCUT2D eigenvalue weighted by Crippen LogP contribution is 2.54. The molecule has 1 aliphatic carbocycles. The Morgan fingerprint density at radius 2 is 2.00 bits per heavy atom. The Morgan fingerprint density at radius 1 is 1.33 bits per heavy atom. The summed E-state index contributed by atoms with van der Waals surface area (Å²) >= 11 is 1.49. The van der Waals surface area contributed by atoms with E-state index in [-0.39, 0.29) is 0 Å². The molecule has 1 N–H and O–H groups in total. The minimum Gasteiger partial charge on any atom is -0.493 e. The number of hydrogen-bond acceptors (Lipinski definition) is 4. The normalized spacial score (nSPS) is 16.2. The maximum atomic E-state index is 11.4. The number of benzene rings is 1. The Balaban J connectivity index is 2.59. The third-order valence-corrected chi connectivity index (χ3v) is 4.19. The summed E-state index contributed by atoms with van der Waals surface area (Å²) < 4.78 is 10.6. The molecule has 0 unspecified atom stereocenters. The predicted molar refractivity (Wildman–Crippen MR) is 69.9 cm³/mol. The molecule has 0 bridgehead atoms. The van der Waals surface area contributed by atoms with E-state index in [4.69, 9.17) is 9.47 Å². The zero-order valence-electron chi connectivity index (χ0n) is 10.6. The van der Waals surface area contributed by atoms with Gasteiger partial charge in [-0.2, -0.15) is 0 Å². The molecule has 18 heavy (non-hydrogen) atoms. The van der Waals surface area contributed by atoms with E-state index < -0.39 is 11.4 Å². The van der Waals surface area contributed by atoms with Crippen molar-refractivity contribution in [1.29, 1.82) is 0 Å². The molecule has 2 rings (SSSR count). The standard InChI is InChI=1S/C13H16O4S/c1-16-9-5-4-8(11(18-3)10(9)17-2)13(6-7-13)12(14)15/h4-5H,6-7H2,1-3H3,(H,14,15). The summed E-state index contributed by atoms with van der Waals surface area (Å²) in [5, 5.41) is 9.39. The lowest BCUT2D eigenvalue weighted by molar-refractivity contribution is -0.140. The molecular formula is C13H16O4S. The highest BCUT2D eigenvalue weighted by Gasteiger charge is 2.53. The van der Waals surface area contributed by atoms with Crippen LogP contribution in [0.1, 0.15) is 18.4 Å². The summed E-state index contributed by atoms with van der Waals surface area (Å²) in [5.74, 6) is 0.492. The van der Waals surface area contributed by atoms with Gasteiger partial charge < -0.3 is 14.6 Å². The topological polar surface area (TPSA) is 55.8 Å². The number of ether oxygens (including phenoxy) is 2. The van der Waals surface area contributed by atoms with Gasteiger partial charge in [0.1, 0.15) is 0 Å². The molecule has 1 fully saturated rings. The Morgan fingerprint density at radius 3 is 2.39 bits per heavy atom. The lowest BCUT2D eigenvalue weighted by Crippen LogP contribution is -2.20. The summed E-state index contributed by atoms with van der Waals surface area (Å²) in [4.78, 5) is 12.3. The first-order chi connectivity index (χ1) is 8.60. The van der Waals surface area contributed by atoms with E-state index in [9.17, 15) is 9.90 Å². The van der Waals surface area contributed by atoms with Crippen LogP contribution in [-0.2, 0) is 10.2 Å². The van der Waals surface area contributed by atoms with Crippen molar-refractivity contribution in [3.8, 4) is 11.5 Å². The quantitative estimate of drug-likeness (QED) is 0.832. The number of thioether (sulfide) groups is 1. The van der Waals surface area contributed by atoms with Crippen LogP contribution in [0.5, 0.6) is 11.5 Å². The van der Waals surface area contributed by atoms with Crippen molar-refractivity contribution in [3.63, 3.8) is 0 Å². The van der Waals surface area contributed by atoms with Crippen LogP contribution in [0.25, 0.3) is 0 Å². The third-order valence-electron chi connectivity index (χ3n) is 3.38. The fraction of sp³-hybridized carbons (Fsp3) is 0.462. The van der Waals surface area contributed by atoms with E-state index in [1.54, 1.807) is 20.3 Å². The van der Waals surface area contributed by atoms with Gasteiger partial charge in [0.15, 0.2) is 11.5 Å². The Labute approximate surface area is 110 Å². The lowest BCUT2D eigenvalue weighted by Gasteiger charge is -2.19. The van der Waals surface area contributed by atoms with E-state index >= 15 is 0 Å². The molecular weight excluding hydrogens is 252 g/mol. The van der Waals surface area contributed by atoms with Crippen LogP contribution in [0.3, 0.4) is 0 Å². The van der Waals surface area contributed by atoms with Gasteiger partial charge in [-0.3, -0.25) is 4.79 Å². The van der Waals surface area contributed by atoms with Gasteiger partial charge >= 0.3 is 5.97 Å². The van der Waals surface area contributed by atoms with Crippen molar-refractivity contribution in [1.82, 2.24) is 0 Å². The van der Waals surface area contributed by atoms with Gasteiger partial charge in [0.2, 0.25) is 0 Å². The first-order valence-corrected chi connectivity index (χ1v) is 6.86. The molecule has 98 valence electrons. The Hall–Kier alpha value is -1.36. The number of carbonyl (C=O) groups is 1. The molecule has 1 saturated carbocycles. The monoisotopic (exact) mass is 268 g/mol. The second-order valence-corrected chi connectivity index (χ2v) is 5.09. The molecule has 0 spiro atoms. The van der Waals surface area contributed by atoms with Crippen LogP contribution in [0.15, 0.2) is 17.0 Å². The molecule has 0 aliphatic heterocycles. The molecule has 1 aromatic rings. The van der Waals surface area contributed by atoms with Gasteiger partial charge in [0.25, 0.3) is 0 Å². The number of methoxy groups -OCH3 is 2. The summed E-state index contributed by atoms with van der Waals surface area (Å²) in [6.07, 6.45) is 3.29. The zero-order valence-corrected chi connectivity index (χ0v) is 11.5. The van der Waals surface area contributed by atoms with Crippen LogP contribution in [0, 0.1) is 0 Å². The minimum atomic E-state index is -0.759. The van der Waals surface area contributed by atoms with Crippen LogP contribution in [0.2, 0.25) is 0 Å². The van der Waals surface area contributed by atoms with Crippen molar-refractivity contribution >= 4 is 17.7 Å². The van der Waals surface area contributed by atoms with Crippen molar-refractivity contribution < 1.29 is 19.4 Å². The molecule has 0 radical (unpaired) electrons. The molecule has 0 amide bonds. The van der Waals surface area contributed by atoms with Crippen molar-refractivity contribution in [2.24, 2.45) is 0 Å². The Bertz CT molecular complexity index is 480. The van der Waals surface area contributed by atoms with Gasteiger partial charge in [0, 0.05) is 0 Å². The lowest BCUT2D eigenvalue weighted by atomic mass is 9.95. The fourth-order valence-electron chi connectivity index (χ4n) is 2.20. The van der Waals surface area contributed by atoms with E-state index in [1.807, 2.05) is 12.3 Å². The van der Waals surface area contributed by atoms with Crippen LogP contribution >= 0.6 is 11.8 Å². The maximum Gasteiger partial charge on any atom is 0.314 e. The first kappa shape index (κ1) is 13.1. The van der Waals surface area contributed by atoms with Crippen molar-refractivity contribution in [2.45, 2.75) is 23.2 Å². The van der Waals surface area contributed by atoms with Crippen LogP contribution in [-0.4, -0.2) is 31.6 Å². The summed E-state index contributed by atoms with van der Waals surface area (Å²) in [6.45, 7) is 0. The molecule has 1 aromatic carbocycles. The number of carboxylic acids is 1. The molecule has 0 saturated heterocycles. The average molecular weight is 268 g/mol. The largest absolute Gasteiger partial charge is 0.493 e. The van der Waals surface area contributed by atoms with Gasteiger partial charge in [-0.25, -0.2) is 0 Å². The summed E-state index contributed by atoms with van der Waals surface area (Å²) in [5.41, 5.74) is 0.109. The van der Waals surface area contributed by atoms with Crippen molar-refractivity contribution in [2.75, 3.05) is 20.5 Å². The average Bonchev–Trinajstić information content (AvgIpc) is 3.18. The van der Waals surface area contributed by atoms with Gasteiger partial charge in [-0.05, 0) is 30.7 Å². The molecule has 0 atom stereocenters. The molecule has 4 nitrogen and oxygen atoms in total. The first-order valence-electron chi connectivity index (χ1n) is 5.63. The number of hydrogen-bond donors (Lipinski definition) is 1. The van der Waals surface area contributed by atoms with Gasteiger partial charge in [0.05, 0.1) is 24.5 Å². The number of rotatable bonds is 5. The van der Waals surface area contributed by atoms with E-state index in [0.29, 0.717) is 24.3 Å².